The van der Waals surface area contributed by atoms with Crippen molar-refractivity contribution in [1.82, 2.24) is 4.98 Å². The minimum atomic E-state index is -2.98. The summed E-state index contributed by atoms with van der Waals surface area (Å²) in [5.41, 5.74) is -2.76. The fourth-order valence-electron chi connectivity index (χ4n) is 0.436. The van der Waals surface area contributed by atoms with Crippen LogP contribution in [0.25, 0.3) is 0 Å². The van der Waals surface area contributed by atoms with Gasteiger partial charge in [0.1, 0.15) is 0 Å². The second-order valence-corrected chi connectivity index (χ2v) is 1.43. The predicted octanol–water partition coefficient (Wildman–Crippen LogP) is 2.01. The number of rotatable bonds is 0. The van der Waals surface area contributed by atoms with Crippen molar-refractivity contribution >= 4 is 0 Å². The van der Waals surface area contributed by atoms with E-state index in [9.17, 15) is 0 Å². The topological polar surface area (TPSA) is 12.9 Å². The van der Waals surface area contributed by atoms with Gasteiger partial charge in [0, 0.05) is 23.7 Å². The lowest BCUT2D eigenvalue weighted by Crippen LogP contribution is -1.85. The molecule has 1 aromatic heterocycles. The quantitative estimate of drug-likeness (QED) is 0.526. The van der Waals surface area contributed by atoms with Crippen LogP contribution in [0.15, 0.2) is 12.1 Å². The summed E-state index contributed by atoms with van der Waals surface area (Å²) < 4.78 is 80.2. The molecule has 9 heavy (non-hydrogen) atoms. The molecule has 1 nitrogen and oxygen atoms in total. The monoisotopic (exact) mass is 132 g/mol. The molecule has 0 spiro atoms. The van der Waals surface area contributed by atoms with Gasteiger partial charge in [0.15, 0.2) is 0 Å². The molecular weight excluding hydrogens is 110 g/mol. The van der Waals surface area contributed by atoms with Crippen molar-refractivity contribution in [3.63, 3.8) is 0 Å². The van der Waals surface area contributed by atoms with Gasteiger partial charge in [-0.3, -0.25) is 4.98 Å². The van der Waals surface area contributed by atoms with Gasteiger partial charge in [-0.2, -0.15) is 0 Å². The molecule has 1 aromatic rings. The lowest BCUT2D eigenvalue weighted by Gasteiger charge is -1.96. The van der Waals surface area contributed by atoms with Gasteiger partial charge in [-0.1, -0.05) is 0 Å². The zero-order chi connectivity index (χ0) is 16.1. The van der Waals surface area contributed by atoms with Crippen molar-refractivity contribution in [2.75, 3.05) is 0 Å². The highest BCUT2D eigenvalue weighted by molar-refractivity contribution is 5.18. The SMILES string of the molecule is [2H]c1c(C([2H])([2H])[2H])nc(C([2H])([2H])[2H])c([2H])c1C([2H])([2H])[2H]. The van der Waals surface area contributed by atoms with Crippen molar-refractivity contribution in [1.29, 1.82) is 0 Å². The Morgan fingerprint density at radius 1 is 1.33 bits per heavy atom. The predicted molar refractivity (Wildman–Crippen MR) is 38.4 cm³/mol. The molecule has 0 amide bonds. The fraction of sp³-hybridized carbons (Fsp3) is 0.375. The van der Waals surface area contributed by atoms with Crippen molar-refractivity contribution in [3.8, 4) is 0 Å². The van der Waals surface area contributed by atoms with E-state index in [1.165, 1.54) is 0 Å². The lowest BCUT2D eigenvalue weighted by molar-refractivity contribution is 1.10. The standard InChI is InChI=1S/C8H11N/c1-6-4-7(2)9-8(3)5-6/h4-5H,1-3H3/i1D3,2D3,3D3,4D,5D. The van der Waals surface area contributed by atoms with Gasteiger partial charge in [-0.25, -0.2) is 0 Å². The first-order valence-corrected chi connectivity index (χ1v) is 2.20. The van der Waals surface area contributed by atoms with E-state index in [1.807, 2.05) is 0 Å². The number of hydrogen-bond acceptors (Lipinski definition) is 1. The number of aryl methyl sites for hydroxylation is 2. The smallest absolute Gasteiger partial charge is 0.0645 e. The normalized spacial score (nSPS) is 31.8. The second kappa shape index (κ2) is 2.18. The molecule has 0 saturated heterocycles. The average molecular weight is 132 g/mol. The Balaban J connectivity index is 3.86. The van der Waals surface area contributed by atoms with Crippen LogP contribution in [0.3, 0.4) is 0 Å². The van der Waals surface area contributed by atoms with Crippen LogP contribution in [0, 0.1) is 20.6 Å². The molecule has 0 bridgehead atoms. The maximum atomic E-state index is 7.61. The number of nitrogens with zero attached hydrogens (tertiary/aromatic N) is 1. The molecule has 0 unspecified atom stereocenters. The number of hydrogen-bond donors (Lipinski definition) is 0. The molecule has 0 aliphatic heterocycles. The summed E-state index contributed by atoms with van der Waals surface area (Å²) in [5.74, 6) is 0. The Morgan fingerprint density at radius 3 is 2.44 bits per heavy atom. The van der Waals surface area contributed by atoms with Crippen molar-refractivity contribution < 1.29 is 15.1 Å². The van der Waals surface area contributed by atoms with Crippen molar-refractivity contribution in [2.24, 2.45) is 0 Å². The molecule has 0 aliphatic carbocycles. The van der Waals surface area contributed by atoms with Crippen LogP contribution >= 0.6 is 0 Å². The van der Waals surface area contributed by atoms with Gasteiger partial charge in [-0.05, 0) is 38.2 Å². The zero-order valence-electron chi connectivity index (χ0n) is 15.4. The summed E-state index contributed by atoms with van der Waals surface area (Å²) in [5, 5.41) is 0. The van der Waals surface area contributed by atoms with Gasteiger partial charge >= 0.3 is 0 Å². The first kappa shape index (κ1) is 1.14. The van der Waals surface area contributed by atoms with E-state index in [0.29, 0.717) is 0 Å². The minimum Gasteiger partial charge on any atom is -0.258 e. The van der Waals surface area contributed by atoms with Crippen LogP contribution in [0.2, 0.25) is 0 Å². The maximum absolute atomic E-state index is 7.61. The summed E-state index contributed by atoms with van der Waals surface area (Å²) in [6, 6.07) is -1.88. The molecule has 0 radical (unpaired) electrons. The highest BCUT2D eigenvalue weighted by Gasteiger charge is 1.88. The molecule has 1 heteroatoms. The second-order valence-electron chi connectivity index (χ2n) is 1.43. The van der Waals surface area contributed by atoms with Crippen molar-refractivity contribution in [3.05, 3.63) is 29.0 Å². The largest absolute Gasteiger partial charge is 0.258 e. The maximum Gasteiger partial charge on any atom is 0.0645 e. The summed E-state index contributed by atoms with van der Waals surface area (Å²) in [6.07, 6.45) is 0. The molecule has 0 aliphatic rings. The highest BCUT2D eigenvalue weighted by Crippen LogP contribution is 2.01. The molecule has 0 aromatic carbocycles. The van der Waals surface area contributed by atoms with Crippen LogP contribution in [-0.4, -0.2) is 4.98 Å². The van der Waals surface area contributed by atoms with Crippen LogP contribution in [0.1, 0.15) is 32.0 Å². The Kier molecular flexibility index (Phi) is 0.275. The summed E-state index contributed by atoms with van der Waals surface area (Å²) in [7, 11) is 0. The Hall–Kier alpha value is -0.850. The molecular formula is C8H11N. The van der Waals surface area contributed by atoms with Gasteiger partial charge in [-0.15, -0.1) is 0 Å². The van der Waals surface area contributed by atoms with E-state index in [0.717, 1.165) is 0 Å². The zero-order valence-corrected chi connectivity index (χ0v) is 4.45. The van der Waals surface area contributed by atoms with Crippen LogP contribution in [0.4, 0.5) is 0 Å². The van der Waals surface area contributed by atoms with E-state index in [2.05, 4.69) is 4.98 Å². The first-order valence-electron chi connectivity index (χ1n) is 7.70. The Morgan fingerprint density at radius 2 is 2.00 bits per heavy atom. The van der Waals surface area contributed by atoms with Gasteiger partial charge in [0.25, 0.3) is 0 Å². The molecule has 0 atom stereocenters. The number of aromatic nitrogens is 1. The highest BCUT2D eigenvalue weighted by atomic mass is 14.7. The summed E-state index contributed by atoms with van der Waals surface area (Å²) >= 11 is 0. The summed E-state index contributed by atoms with van der Waals surface area (Å²) in [4.78, 5) is 3.34. The molecule has 48 valence electrons. The third-order valence-corrected chi connectivity index (χ3v) is 0.710. The number of pyridine rings is 1. The summed E-state index contributed by atoms with van der Waals surface area (Å²) in [6.45, 7) is -8.85. The Labute approximate surface area is 71.2 Å². The van der Waals surface area contributed by atoms with Crippen LogP contribution in [0.5, 0.6) is 0 Å². The third-order valence-electron chi connectivity index (χ3n) is 0.710. The van der Waals surface area contributed by atoms with E-state index in [1.54, 1.807) is 0 Å². The average Bonchev–Trinajstić information content (AvgIpc) is 2.10. The minimum absolute atomic E-state index is 0.912. The fourth-order valence-corrected chi connectivity index (χ4v) is 0.436. The van der Waals surface area contributed by atoms with Gasteiger partial charge in [0.05, 0.1) is 2.74 Å². The van der Waals surface area contributed by atoms with Crippen LogP contribution in [-0.2, 0) is 0 Å². The van der Waals surface area contributed by atoms with Crippen LogP contribution < -0.4 is 0 Å². The lowest BCUT2D eigenvalue weighted by atomic mass is 10.2. The van der Waals surface area contributed by atoms with E-state index < -0.39 is 49.6 Å². The van der Waals surface area contributed by atoms with E-state index in [-0.39, 0.29) is 0 Å². The molecule has 0 fully saturated rings. The molecule has 0 saturated carbocycles. The molecule has 1 heterocycles. The van der Waals surface area contributed by atoms with E-state index >= 15 is 0 Å². The van der Waals surface area contributed by atoms with Crippen molar-refractivity contribution in [2.45, 2.75) is 20.6 Å². The molecule has 0 N–H and O–H groups in total. The van der Waals surface area contributed by atoms with Gasteiger partial charge < -0.3 is 0 Å². The van der Waals surface area contributed by atoms with Gasteiger partial charge in [0.2, 0.25) is 0 Å². The Bertz CT molecular complexity index is 483. The third kappa shape index (κ3) is 1.53. The first-order chi connectivity index (χ1) is 8.67. The van der Waals surface area contributed by atoms with E-state index in [4.69, 9.17) is 15.1 Å². The molecule has 1 rings (SSSR count).